The van der Waals surface area contributed by atoms with Crippen molar-refractivity contribution in [1.82, 2.24) is 0 Å². The van der Waals surface area contributed by atoms with E-state index in [2.05, 4.69) is 0 Å². The zero-order valence-corrected chi connectivity index (χ0v) is 11.2. The average molecular weight is 269 g/mol. The van der Waals surface area contributed by atoms with Gasteiger partial charge >= 0.3 is 0 Å². The van der Waals surface area contributed by atoms with Crippen molar-refractivity contribution in [3.05, 3.63) is 23.8 Å². The molecule has 2 rings (SSSR count). The number of benzene rings is 1. The van der Waals surface area contributed by atoms with Crippen molar-refractivity contribution < 1.29 is 14.3 Å². The number of rotatable bonds is 5. The third-order valence-corrected chi connectivity index (χ3v) is 3.56. The van der Waals surface area contributed by atoms with E-state index < -0.39 is 5.24 Å². The summed E-state index contributed by atoms with van der Waals surface area (Å²) in [5, 5.41) is -0.483. The lowest BCUT2D eigenvalue weighted by Gasteiger charge is -2.14. The standard InChI is InChI=1S/C14H17ClO3/c1-17-12-7-6-11(14(15)16)8-13(12)18-9-10-4-2-3-5-10/h6-8,10H,2-5,9H2,1H3. The van der Waals surface area contributed by atoms with Gasteiger partial charge < -0.3 is 9.47 Å². The smallest absolute Gasteiger partial charge is 0.252 e. The molecular formula is C14H17ClO3. The van der Waals surface area contributed by atoms with Crippen LogP contribution in [-0.2, 0) is 0 Å². The topological polar surface area (TPSA) is 35.5 Å². The summed E-state index contributed by atoms with van der Waals surface area (Å²) in [7, 11) is 1.58. The second-order valence-electron chi connectivity index (χ2n) is 4.60. The van der Waals surface area contributed by atoms with Gasteiger partial charge in [-0.1, -0.05) is 12.8 Å². The lowest BCUT2D eigenvalue weighted by Crippen LogP contribution is -2.09. The van der Waals surface area contributed by atoms with Gasteiger partial charge in [-0.05, 0) is 48.6 Å². The first-order chi connectivity index (χ1) is 8.70. The molecule has 0 bridgehead atoms. The number of halogens is 1. The second-order valence-corrected chi connectivity index (χ2v) is 4.94. The first-order valence-electron chi connectivity index (χ1n) is 6.21. The van der Waals surface area contributed by atoms with Crippen LogP contribution in [0.2, 0.25) is 0 Å². The van der Waals surface area contributed by atoms with Crippen molar-refractivity contribution >= 4 is 16.8 Å². The molecule has 0 N–H and O–H groups in total. The lowest BCUT2D eigenvalue weighted by molar-refractivity contribution is 0.108. The molecule has 1 aliphatic rings. The molecule has 0 radical (unpaired) electrons. The zero-order valence-electron chi connectivity index (χ0n) is 10.4. The molecule has 1 fully saturated rings. The molecule has 1 aromatic rings. The van der Waals surface area contributed by atoms with Crippen LogP contribution in [0, 0.1) is 5.92 Å². The predicted molar refractivity (Wildman–Crippen MR) is 70.6 cm³/mol. The van der Waals surface area contributed by atoms with E-state index in [1.807, 2.05) is 0 Å². The Hall–Kier alpha value is -1.22. The number of ether oxygens (including phenoxy) is 2. The van der Waals surface area contributed by atoms with Gasteiger partial charge in [0.2, 0.25) is 0 Å². The largest absolute Gasteiger partial charge is 0.493 e. The third-order valence-electron chi connectivity index (χ3n) is 3.34. The summed E-state index contributed by atoms with van der Waals surface area (Å²) < 4.78 is 11.0. The van der Waals surface area contributed by atoms with Gasteiger partial charge in [-0.3, -0.25) is 4.79 Å². The van der Waals surface area contributed by atoms with Crippen LogP contribution in [0.4, 0.5) is 0 Å². The van der Waals surface area contributed by atoms with Gasteiger partial charge in [-0.15, -0.1) is 0 Å². The molecule has 18 heavy (non-hydrogen) atoms. The van der Waals surface area contributed by atoms with Crippen molar-refractivity contribution in [3.8, 4) is 11.5 Å². The molecule has 0 saturated heterocycles. The van der Waals surface area contributed by atoms with Gasteiger partial charge in [0.05, 0.1) is 13.7 Å². The SMILES string of the molecule is COc1ccc(C(=O)Cl)cc1OCC1CCCC1. The van der Waals surface area contributed by atoms with Crippen molar-refractivity contribution in [2.24, 2.45) is 5.92 Å². The summed E-state index contributed by atoms with van der Waals surface area (Å²) in [6.07, 6.45) is 5.00. The Morgan fingerprint density at radius 2 is 2.06 bits per heavy atom. The third kappa shape index (κ3) is 3.16. The highest BCUT2D eigenvalue weighted by atomic mass is 35.5. The molecule has 4 heteroatoms. The van der Waals surface area contributed by atoms with Crippen LogP contribution in [0.15, 0.2) is 18.2 Å². The van der Waals surface area contributed by atoms with E-state index in [0.717, 1.165) is 0 Å². The molecule has 1 saturated carbocycles. The van der Waals surface area contributed by atoms with Crippen LogP contribution in [0.5, 0.6) is 11.5 Å². The fourth-order valence-electron chi connectivity index (χ4n) is 2.30. The minimum atomic E-state index is -0.483. The van der Waals surface area contributed by atoms with Gasteiger partial charge in [-0.2, -0.15) is 0 Å². The fraction of sp³-hybridized carbons (Fsp3) is 0.500. The van der Waals surface area contributed by atoms with E-state index in [4.69, 9.17) is 21.1 Å². The first kappa shape index (κ1) is 13.2. The summed E-state index contributed by atoms with van der Waals surface area (Å²) in [4.78, 5) is 11.1. The van der Waals surface area contributed by atoms with Crippen molar-refractivity contribution in [2.45, 2.75) is 25.7 Å². The maximum Gasteiger partial charge on any atom is 0.252 e. The Morgan fingerprint density at radius 3 is 2.67 bits per heavy atom. The minimum absolute atomic E-state index is 0.430. The number of carbonyl (C=O) groups is 1. The van der Waals surface area contributed by atoms with Gasteiger partial charge in [0.15, 0.2) is 11.5 Å². The van der Waals surface area contributed by atoms with Crippen molar-refractivity contribution in [3.63, 3.8) is 0 Å². The van der Waals surface area contributed by atoms with Gasteiger partial charge in [-0.25, -0.2) is 0 Å². The molecule has 0 amide bonds. The molecule has 0 spiro atoms. The molecule has 98 valence electrons. The molecule has 0 unspecified atom stereocenters. The summed E-state index contributed by atoms with van der Waals surface area (Å²) in [5.74, 6) is 1.84. The zero-order chi connectivity index (χ0) is 13.0. The van der Waals surface area contributed by atoms with Crippen molar-refractivity contribution in [1.29, 1.82) is 0 Å². The van der Waals surface area contributed by atoms with Crippen LogP contribution < -0.4 is 9.47 Å². The van der Waals surface area contributed by atoms with Gasteiger partial charge in [0, 0.05) is 5.56 Å². The van der Waals surface area contributed by atoms with Crippen LogP contribution in [0.3, 0.4) is 0 Å². The summed E-state index contributed by atoms with van der Waals surface area (Å²) >= 11 is 5.46. The van der Waals surface area contributed by atoms with Gasteiger partial charge in [0.25, 0.3) is 5.24 Å². The van der Waals surface area contributed by atoms with Crippen LogP contribution >= 0.6 is 11.6 Å². The monoisotopic (exact) mass is 268 g/mol. The Labute approximate surface area is 112 Å². The van der Waals surface area contributed by atoms with E-state index in [1.54, 1.807) is 25.3 Å². The number of methoxy groups -OCH3 is 1. The molecule has 1 aromatic carbocycles. The summed E-state index contributed by atoms with van der Waals surface area (Å²) in [6, 6.07) is 4.99. The normalized spacial score (nSPS) is 15.7. The first-order valence-corrected chi connectivity index (χ1v) is 6.59. The Balaban J connectivity index is 2.08. The predicted octanol–water partition coefficient (Wildman–Crippen LogP) is 3.64. The van der Waals surface area contributed by atoms with Crippen LogP contribution in [-0.4, -0.2) is 19.0 Å². The van der Waals surface area contributed by atoms with Crippen LogP contribution in [0.1, 0.15) is 36.0 Å². The minimum Gasteiger partial charge on any atom is -0.493 e. The molecule has 1 aliphatic carbocycles. The molecule has 3 nitrogen and oxygen atoms in total. The Bertz CT molecular complexity index is 425. The second kappa shape index (κ2) is 6.10. The average Bonchev–Trinajstić information content (AvgIpc) is 2.89. The van der Waals surface area contributed by atoms with Crippen molar-refractivity contribution in [2.75, 3.05) is 13.7 Å². The molecule has 0 heterocycles. The quantitative estimate of drug-likeness (QED) is 0.765. The van der Waals surface area contributed by atoms with E-state index in [-0.39, 0.29) is 0 Å². The summed E-state index contributed by atoms with van der Waals surface area (Å²) in [5.41, 5.74) is 0.430. The van der Waals surface area contributed by atoms with E-state index in [9.17, 15) is 4.79 Å². The molecule has 0 atom stereocenters. The Kier molecular flexibility index (Phi) is 4.48. The highest BCUT2D eigenvalue weighted by Crippen LogP contribution is 2.31. The Morgan fingerprint density at radius 1 is 1.33 bits per heavy atom. The maximum absolute atomic E-state index is 11.1. The molecular weight excluding hydrogens is 252 g/mol. The molecule has 0 aliphatic heterocycles. The fourth-order valence-corrected chi connectivity index (χ4v) is 2.41. The summed E-state index contributed by atoms with van der Waals surface area (Å²) in [6.45, 7) is 0.677. The highest BCUT2D eigenvalue weighted by molar-refractivity contribution is 6.67. The highest BCUT2D eigenvalue weighted by Gasteiger charge is 2.17. The number of carbonyl (C=O) groups excluding carboxylic acids is 1. The van der Waals surface area contributed by atoms with E-state index in [1.165, 1.54) is 25.7 Å². The van der Waals surface area contributed by atoms with E-state index in [0.29, 0.717) is 29.6 Å². The number of hydrogen-bond donors (Lipinski definition) is 0. The van der Waals surface area contributed by atoms with Gasteiger partial charge in [0.1, 0.15) is 0 Å². The van der Waals surface area contributed by atoms with E-state index >= 15 is 0 Å². The van der Waals surface area contributed by atoms with Crippen LogP contribution in [0.25, 0.3) is 0 Å². The molecule has 0 aromatic heterocycles. The maximum atomic E-state index is 11.1. The lowest BCUT2D eigenvalue weighted by atomic mass is 10.1. The number of hydrogen-bond acceptors (Lipinski definition) is 3.